The molecule has 0 radical (unpaired) electrons. The van der Waals surface area contributed by atoms with Crippen molar-refractivity contribution in [2.24, 2.45) is 0 Å². The van der Waals surface area contributed by atoms with Crippen LogP contribution in [0.3, 0.4) is 0 Å². The number of thiol groups is 1. The average Bonchev–Trinajstić information content (AvgIpc) is 3.01. The third-order valence-corrected chi connectivity index (χ3v) is 19.7. The van der Waals surface area contributed by atoms with Gasteiger partial charge in [-0.05, 0) is 59.0 Å². The SMILES string of the molecule is CP(O)(=S)OP(=O)(S)OP(O)(=S)OP(O)(=S)OP(O)(=S)OP(O)(=S)OCC1OC(C(=O)c2ccccc2)C(O)C1O. The molecular formula is C13H22O16P6S6. The topological polar surface area (TPSA) is 240 Å². The van der Waals surface area contributed by atoms with E-state index in [4.69, 9.17) is 25.4 Å². The molecule has 0 amide bonds. The maximum atomic E-state index is 12.6. The van der Waals surface area contributed by atoms with Crippen LogP contribution in [0.4, 0.5) is 0 Å². The molecule has 1 saturated heterocycles. The van der Waals surface area contributed by atoms with Gasteiger partial charge in [0.25, 0.3) is 0 Å². The highest BCUT2D eigenvalue weighted by molar-refractivity contribution is 8.46. The lowest BCUT2D eigenvalue weighted by molar-refractivity contribution is -0.0126. The van der Waals surface area contributed by atoms with Crippen LogP contribution >= 0.6 is 52.4 Å². The van der Waals surface area contributed by atoms with Gasteiger partial charge in [0.05, 0.1) is 6.61 Å². The monoisotopic (exact) mass is 812 g/mol. The highest BCUT2D eigenvalue weighted by Gasteiger charge is 2.47. The first-order valence-electron chi connectivity index (χ1n) is 10.1. The zero-order chi connectivity index (χ0) is 31.7. The van der Waals surface area contributed by atoms with Gasteiger partial charge in [-0.1, -0.05) is 42.6 Å². The van der Waals surface area contributed by atoms with Crippen LogP contribution in [0.25, 0.3) is 0 Å². The van der Waals surface area contributed by atoms with Gasteiger partial charge in [-0.3, -0.25) is 4.79 Å². The third kappa shape index (κ3) is 13.8. The van der Waals surface area contributed by atoms with Gasteiger partial charge >= 0.3 is 33.7 Å². The van der Waals surface area contributed by atoms with E-state index in [-0.39, 0.29) is 5.56 Å². The molecule has 1 heterocycles. The Morgan fingerprint density at radius 3 is 1.78 bits per heavy atom. The second-order valence-corrected chi connectivity index (χ2v) is 26.5. The number of hydrogen-bond donors (Lipinski definition) is 8. The van der Waals surface area contributed by atoms with Crippen molar-refractivity contribution in [3.63, 3.8) is 0 Å². The number of ether oxygens (including phenoxy) is 1. The predicted molar refractivity (Wildman–Crippen MR) is 168 cm³/mol. The van der Waals surface area contributed by atoms with Crippen LogP contribution in [0.1, 0.15) is 10.4 Å². The molecule has 2 rings (SSSR count). The summed E-state index contributed by atoms with van der Waals surface area (Å²) in [5.74, 6) is -0.641. The largest absolute Gasteiger partial charge is 0.398 e. The van der Waals surface area contributed by atoms with Crippen LogP contribution in [0, 0.1) is 0 Å². The Labute approximate surface area is 264 Å². The summed E-state index contributed by atoms with van der Waals surface area (Å²) in [6, 6.07) is 7.76. The molecule has 0 spiro atoms. The first kappa shape index (κ1) is 39.3. The molecule has 1 aromatic rings. The molecule has 41 heavy (non-hydrogen) atoms. The average molecular weight is 813 g/mol. The second kappa shape index (κ2) is 14.9. The summed E-state index contributed by atoms with van der Waals surface area (Å²) < 4.78 is 45.3. The van der Waals surface area contributed by atoms with Crippen molar-refractivity contribution in [2.45, 2.75) is 24.4 Å². The lowest BCUT2D eigenvalue weighted by Crippen LogP contribution is -2.37. The molecule has 236 valence electrons. The quantitative estimate of drug-likeness (QED) is 0.0720. The number of Topliss-reactive ketones (excluding diaryl/α,β-unsaturated/α-hetero) is 1. The lowest BCUT2D eigenvalue weighted by atomic mass is 10.0. The van der Waals surface area contributed by atoms with E-state index in [1.165, 1.54) is 12.1 Å². The van der Waals surface area contributed by atoms with Gasteiger partial charge in [0, 0.05) is 12.2 Å². The smallest absolute Gasteiger partial charge is 0.387 e. The van der Waals surface area contributed by atoms with Gasteiger partial charge in [0.2, 0.25) is 0 Å². The molecule has 1 aliphatic heterocycles. The van der Waals surface area contributed by atoms with Crippen molar-refractivity contribution < 1.29 is 74.9 Å². The van der Waals surface area contributed by atoms with Crippen LogP contribution in [-0.2, 0) is 94.4 Å². The first-order valence-corrected chi connectivity index (χ1v) is 26.3. The van der Waals surface area contributed by atoms with Crippen molar-refractivity contribution in [1.29, 1.82) is 0 Å². The molecule has 10 unspecified atom stereocenters. The maximum Gasteiger partial charge on any atom is 0.398 e. The molecule has 1 aliphatic rings. The Bertz CT molecular complexity index is 1410. The molecular weight excluding hydrogens is 790 g/mol. The summed E-state index contributed by atoms with van der Waals surface area (Å²) in [6.07, 6.45) is -6.22. The summed E-state index contributed by atoms with van der Waals surface area (Å²) >= 11 is 26.4. The van der Waals surface area contributed by atoms with Gasteiger partial charge in [0.15, 0.2) is 12.3 Å². The Balaban J connectivity index is 2.00. The minimum Gasteiger partial charge on any atom is -0.387 e. The normalized spacial score (nSPS) is 30.1. The number of carbonyl (C=O) groups excluding carboxylic acids is 1. The van der Waals surface area contributed by atoms with Crippen LogP contribution in [-0.4, -0.2) is 78.2 Å². The molecule has 0 bridgehead atoms. The molecule has 0 aliphatic carbocycles. The van der Waals surface area contributed by atoms with E-state index in [1.807, 2.05) is 0 Å². The second-order valence-electron chi connectivity index (χ2n) is 7.66. The molecule has 1 fully saturated rings. The van der Waals surface area contributed by atoms with E-state index >= 15 is 0 Å². The minimum atomic E-state index is -4.91. The van der Waals surface area contributed by atoms with Gasteiger partial charge in [-0.2, -0.15) is 0 Å². The van der Waals surface area contributed by atoms with Crippen LogP contribution in [0.5, 0.6) is 0 Å². The van der Waals surface area contributed by atoms with Crippen molar-refractivity contribution in [3.8, 4) is 0 Å². The molecule has 0 saturated carbocycles. The highest BCUT2D eigenvalue weighted by Crippen LogP contribution is 2.77. The van der Waals surface area contributed by atoms with Gasteiger partial charge < -0.3 is 43.9 Å². The van der Waals surface area contributed by atoms with Crippen molar-refractivity contribution in [3.05, 3.63) is 35.9 Å². The molecule has 0 aromatic heterocycles. The van der Waals surface area contributed by atoms with E-state index in [0.29, 0.717) is 0 Å². The summed E-state index contributed by atoms with van der Waals surface area (Å²) in [5, 5.41) is 20.5. The first-order chi connectivity index (χ1) is 18.3. The number of carbonyl (C=O) groups is 1. The van der Waals surface area contributed by atoms with Crippen LogP contribution < -0.4 is 0 Å². The van der Waals surface area contributed by atoms with E-state index in [1.54, 1.807) is 18.2 Å². The van der Waals surface area contributed by atoms with E-state index in [9.17, 15) is 44.0 Å². The van der Waals surface area contributed by atoms with E-state index in [0.717, 1.165) is 6.66 Å². The van der Waals surface area contributed by atoms with Gasteiger partial charge in [-0.25, -0.2) is 26.1 Å². The minimum absolute atomic E-state index is 0.193. The Kier molecular flexibility index (Phi) is 14.3. The van der Waals surface area contributed by atoms with Crippen LogP contribution in [0.2, 0.25) is 0 Å². The molecule has 10 atom stereocenters. The van der Waals surface area contributed by atoms with Crippen molar-refractivity contribution in [2.75, 3.05) is 13.3 Å². The molecule has 1 aromatic carbocycles. The fourth-order valence-corrected chi connectivity index (χ4v) is 21.5. The van der Waals surface area contributed by atoms with Crippen molar-refractivity contribution >= 4 is 117 Å². The number of ketones is 1. The molecule has 16 nitrogen and oxygen atoms in total. The third-order valence-electron chi connectivity index (χ3n) is 4.16. The van der Waals surface area contributed by atoms with Gasteiger partial charge in [-0.15, -0.1) is 0 Å². The van der Waals surface area contributed by atoms with E-state index in [2.05, 4.69) is 76.7 Å². The zero-order valence-corrected chi connectivity index (χ0v) is 30.2. The lowest BCUT2D eigenvalue weighted by Gasteiger charge is -2.27. The van der Waals surface area contributed by atoms with E-state index < -0.39 is 77.0 Å². The number of aliphatic hydroxyl groups is 2. The molecule has 28 heteroatoms. The summed E-state index contributed by atoms with van der Waals surface area (Å²) in [6.45, 7) is -27.3. The fraction of sp³-hybridized carbons (Fsp3) is 0.462. The number of aliphatic hydroxyl groups excluding tert-OH is 2. The van der Waals surface area contributed by atoms with Crippen molar-refractivity contribution in [1.82, 2.24) is 0 Å². The Morgan fingerprint density at radius 2 is 1.29 bits per heavy atom. The number of benzene rings is 1. The zero-order valence-electron chi connectivity index (χ0n) is 19.9. The number of hydrogen-bond acceptors (Lipinski definition) is 16. The summed E-state index contributed by atoms with van der Waals surface area (Å²) in [5.41, 5.74) is 0.193. The highest BCUT2D eigenvalue weighted by atomic mass is 32.7. The van der Waals surface area contributed by atoms with Crippen LogP contribution in [0.15, 0.2) is 30.3 Å². The maximum absolute atomic E-state index is 12.6. The summed E-state index contributed by atoms with van der Waals surface area (Å²) in [4.78, 5) is 63.0. The summed E-state index contributed by atoms with van der Waals surface area (Å²) in [7, 11) is 0. The number of rotatable bonds is 15. The molecule has 7 N–H and O–H groups in total. The predicted octanol–water partition coefficient (Wildman–Crippen LogP) is 2.29. The fourth-order valence-electron chi connectivity index (χ4n) is 2.83. The Morgan fingerprint density at radius 1 is 0.829 bits per heavy atom. The van der Waals surface area contributed by atoms with Gasteiger partial charge in [0.1, 0.15) is 24.4 Å². The standard InChI is InChI=1S/C13H22O16P6S6/c1-30(17,36)25-32(19,38)27-34(21,40)29-35(22,41)28-33(20,39)26-31(18,37)23-7-9-11(15)12(16)13(24-9)10(14)8-5-3-2-4-6-8/h2-6,9,11-13,15-16H,7H2,1H3,(H,17,36)(H,18,37)(H,19,38)(H,20,39)(H,21,40)(H,22,41). The Hall–Kier alpha value is 2.16.